The standard InChI is InChI=1S/C13H17N3/c1-9-6-4-5-7-11(9)13-12(8-15-16-13)10(2)14-3/h4-8,10,14H,1-3H3,(H,15,16). The lowest BCUT2D eigenvalue weighted by Crippen LogP contribution is -2.12. The van der Waals surface area contributed by atoms with Gasteiger partial charge in [0.2, 0.25) is 0 Å². The molecule has 1 atom stereocenters. The summed E-state index contributed by atoms with van der Waals surface area (Å²) in [5.41, 5.74) is 4.80. The summed E-state index contributed by atoms with van der Waals surface area (Å²) < 4.78 is 0. The van der Waals surface area contributed by atoms with Gasteiger partial charge in [-0.15, -0.1) is 0 Å². The van der Waals surface area contributed by atoms with Crippen LogP contribution in [0.3, 0.4) is 0 Å². The van der Waals surface area contributed by atoms with Gasteiger partial charge in [0.1, 0.15) is 0 Å². The number of rotatable bonds is 3. The number of nitrogens with one attached hydrogen (secondary N) is 2. The Morgan fingerprint density at radius 2 is 2.06 bits per heavy atom. The molecule has 0 aliphatic rings. The first-order chi connectivity index (χ1) is 7.74. The second-order valence-electron chi connectivity index (χ2n) is 4.03. The summed E-state index contributed by atoms with van der Waals surface area (Å²) in [6, 6.07) is 8.64. The Hall–Kier alpha value is -1.61. The van der Waals surface area contributed by atoms with Crippen molar-refractivity contribution in [1.29, 1.82) is 0 Å². The zero-order valence-corrected chi connectivity index (χ0v) is 9.91. The van der Waals surface area contributed by atoms with E-state index in [0.717, 1.165) is 5.69 Å². The highest BCUT2D eigenvalue weighted by atomic mass is 15.1. The van der Waals surface area contributed by atoms with Crippen LogP contribution in [0.15, 0.2) is 30.5 Å². The number of hydrogen-bond donors (Lipinski definition) is 2. The molecule has 2 aromatic rings. The van der Waals surface area contributed by atoms with Gasteiger partial charge in [-0.05, 0) is 26.5 Å². The molecule has 84 valence electrons. The predicted molar refractivity (Wildman–Crippen MR) is 66.2 cm³/mol. The number of benzene rings is 1. The van der Waals surface area contributed by atoms with Gasteiger partial charge in [0.25, 0.3) is 0 Å². The fraction of sp³-hybridized carbons (Fsp3) is 0.308. The highest BCUT2D eigenvalue weighted by Gasteiger charge is 2.13. The molecule has 2 N–H and O–H groups in total. The summed E-state index contributed by atoms with van der Waals surface area (Å²) in [5, 5.41) is 10.5. The molecular formula is C13H17N3. The summed E-state index contributed by atoms with van der Waals surface area (Å²) in [7, 11) is 1.96. The Labute approximate surface area is 95.9 Å². The van der Waals surface area contributed by atoms with E-state index in [4.69, 9.17) is 0 Å². The van der Waals surface area contributed by atoms with E-state index in [-0.39, 0.29) is 0 Å². The fourth-order valence-corrected chi connectivity index (χ4v) is 1.85. The van der Waals surface area contributed by atoms with Crippen LogP contribution in [0.5, 0.6) is 0 Å². The predicted octanol–water partition coefficient (Wildman–Crippen LogP) is 2.67. The van der Waals surface area contributed by atoms with Gasteiger partial charge in [0.05, 0.1) is 11.9 Å². The van der Waals surface area contributed by atoms with Crippen LogP contribution in [0.25, 0.3) is 11.3 Å². The summed E-state index contributed by atoms with van der Waals surface area (Å²) in [6.07, 6.45) is 1.89. The van der Waals surface area contributed by atoms with E-state index in [1.807, 2.05) is 13.2 Å². The first-order valence-electron chi connectivity index (χ1n) is 5.50. The number of aromatic nitrogens is 2. The van der Waals surface area contributed by atoms with Crippen molar-refractivity contribution in [3.8, 4) is 11.3 Å². The van der Waals surface area contributed by atoms with E-state index in [0.29, 0.717) is 6.04 Å². The minimum absolute atomic E-state index is 0.299. The smallest absolute Gasteiger partial charge is 0.0700 e. The summed E-state index contributed by atoms with van der Waals surface area (Å²) in [5.74, 6) is 0. The van der Waals surface area contributed by atoms with Crippen LogP contribution in [-0.4, -0.2) is 17.2 Å². The van der Waals surface area contributed by atoms with Crippen LogP contribution in [0.1, 0.15) is 24.1 Å². The van der Waals surface area contributed by atoms with Crippen LogP contribution in [0, 0.1) is 6.92 Å². The maximum Gasteiger partial charge on any atom is 0.0700 e. The van der Waals surface area contributed by atoms with Gasteiger partial charge >= 0.3 is 0 Å². The molecule has 1 aromatic carbocycles. The monoisotopic (exact) mass is 215 g/mol. The van der Waals surface area contributed by atoms with Crippen LogP contribution in [-0.2, 0) is 0 Å². The van der Waals surface area contributed by atoms with Crippen LogP contribution in [0.4, 0.5) is 0 Å². The lowest BCUT2D eigenvalue weighted by molar-refractivity contribution is 0.654. The molecule has 0 aliphatic carbocycles. The molecule has 0 bridgehead atoms. The van der Waals surface area contributed by atoms with Crippen molar-refractivity contribution < 1.29 is 0 Å². The lowest BCUT2D eigenvalue weighted by atomic mass is 10.00. The highest BCUT2D eigenvalue weighted by molar-refractivity contribution is 5.66. The molecule has 0 saturated carbocycles. The van der Waals surface area contributed by atoms with Crippen molar-refractivity contribution in [2.24, 2.45) is 0 Å². The molecule has 16 heavy (non-hydrogen) atoms. The van der Waals surface area contributed by atoms with Gasteiger partial charge in [-0.1, -0.05) is 24.3 Å². The molecule has 1 heterocycles. The largest absolute Gasteiger partial charge is 0.313 e. The van der Waals surface area contributed by atoms with Crippen LogP contribution < -0.4 is 5.32 Å². The highest BCUT2D eigenvalue weighted by Crippen LogP contribution is 2.27. The molecule has 3 heteroatoms. The Morgan fingerprint density at radius 1 is 1.31 bits per heavy atom. The summed E-state index contributed by atoms with van der Waals surface area (Å²) >= 11 is 0. The topological polar surface area (TPSA) is 40.7 Å². The van der Waals surface area contributed by atoms with Crippen molar-refractivity contribution in [2.75, 3.05) is 7.05 Å². The maximum absolute atomic E-state index is 4.14. The number of aromatic amines is 1. The van der Waals surface area contributed by atoms with Gasteiger partial charge in [-0.3, -0.25) is 5.10 Å². The van der Waals surface area contributed by atoms with Crippen molar-refractivity contribution in [3.63, 3.8) is 0 Å². The number of nitrogens with zero attached hydrogens (tertiary/aromatic N) is 1. The SMILES string of the molecule is CNC(C)c1cn[nH]c1-c1ccccc1C. The Bertz CT molecular complexity index is 474. The first kappa shape index (κ1) is 10.9. The van der Waals surface area contributed by atoms with Crippen molar-refractivity contribution in [1.82, 2.24) is 15.5 Å². The number of aryl methyl sites for hydroxylation is 1. The molecule has 0 aliphatic heterocycles. The molecule has 2 rings (SSSR count). The van der Waals surface area contributed by atoms with Gasteiger partial charge in [0, 0.05) is 17.2 Å². The third-order valence-corrected chi connectivity index (χ3v) is 2.98. The molecule has 0 fully saturated rings. The molecule has 0 saturated heterocycles. The van der Waals surface area contributed by atoms with Crippen molar-refractivity contribution in [3.05, 3.63) is 41.6 Å². The maximum atomic E-state index is 4.14. The molecule has 0 spiro atoms. The van der Waals surface area contributed by atoms with Crippen LogP contribution >= 0.6 is 0 Å². The van der Waals surface area contributed by atoms with E-state index < -0.39 is 0 Å². The van der Waals surface area contributed by atoms with E-state index in [2.05, 4.69) is 53.6 Å². The van der Waals surface area contributed by atoms with Gasteiger partial charge in [-0.25, -0.2) is 0 Å². The quantitative estimate of drug-likeness (QED) is 0.826. The third kappa shape index (κ3) is 1.86. The normalized spacial score (nSPS) is 12.7. The molecule has 3 nitrogen and oxygen atoms in total. The Morgan fingerprint density at radius 3 is 2.75 bits per heavy atom. The third-order valence-electron chi connectivity index (χ3n) is 2.98. The summed E-state index contributed by atoms with van der Waals surface area (Å²) in [4.78, 5) is 0. The van der Waals surface area contributed by atoms with E-state index in [9.17, 15) is 0 Å². The van der Waals surface area contributed by atoms with Gasteiger partial charge in [0.15, 0.2) is 0 Å². The van der Waals surface area contributed by atoms with E-state index in [1.54, 1.807) is 0 Å². The molecule has 0 amide bonds. The van der Waals surface area contributed by atoms with Crippen LogP contribution in [0.2, 0.25) is 0 Å². The zero-order chi connectivity index (χ0) is 11.5. The second-order valence-corrected chi connectivity index (χ2v) is 4.03. The molecule has 1 unspecified atom stereocenters. The van der Waals surface area contributed by atoms with Crippen molar-refractivity contribution >= 4 is 0 Å². The molecular weight excluding hydrogens is 198 g/mol. The van der Waals surface area contributed by atoms with Gasteiger partial charge < -0.3 is 5.32 Å². The first-order valence-corrected chi connectivity index (χ1v) is 5.50. The lowest BCUT2D eigenvalue weighted by Gasteiger charge is -2.11. The fourth-order valence-electron chi connectivity index (χ4n) is 1.85. The average molecular weight is 215 g/mol. The molecule has 1 aromatic heterocycles. The Balaban J connectivity index is 2.49. The van der Waals surface area contributed by atoms with Gasteiger partial charge in [-0.2, -0.15) is 5.10 Å². The number of hydrogen-bond acceptors (Lipinski definition) is 2. The van der Waals surface area contributed by atoms with Crippen molar-refractivity contribution in [2.45, 2.75) is 19.9 Å². The van der Waals surface area contributed by atoms with E-state index >= 15 is 0 Å². The minimum Gasteiger partial charge on any atom is -0.313 e. The molecule has 0 radical (unpaired) electrons. The second kappa shape index (κ2) is 4.49. The zero-order valence-electron chi connectivity index (χ0n) is 9.91. The van der Waals surface area contributed by atoms with E-state index in [1.165, 1.54) is 16.7 Å². The Kier molecular flexibility index (Phi) is 3.06. The number of H-pyrrole nitrogens is 1. The average Bonchev–Trinajstić information content (AvgIpc) is 2.77. The minimum atomic E-state index is 0.299. The summed E-state index contributed by atoms with van der Waals surface area (Å²) in [6.45, 7) is 4.25.